The first-order valence-electron chi connectivity index (χ1n) is 9.31. The molecule has 8 nitrogen and oxygen atoms in total. The van der Waals surface area contributed by atoms with Gasteiger partial charge in [-0.1, -0.05) is 5.21 Å². The molecule has 9 heteroatoms. The van der Waals surface area contributed by atoms with E-state index in [2.05, 4.69) is 10.3 Å². The maximum Gasteiger partial charge on any atom is 0.253 e. The second kappa shape index (κ2) is 7.40. The Hall–Kier alpha value is -2.26. The molecule has 0 unspecified atom stereocenters. The smallest absolute Gasteiger partial charge is 0.253 e. The Morgan fingerprint density at radius 1 is 1.00 bits per heavy atom. The number of hydrogen-bond donors (Lipinski definition) is 0. The van der Waals surface area contributed by atoms with Crippen LogP contribution >= 0.6 is 0 Å². The summed E-state index contributed by atoms with van der Waals surface area (Å²) in [5.41, 5.74) is 0.523. The van der Waals surface area contributed by atoms with Crippen LogP contribution in [0.4, 0.5) is 0 Å². The average Bonchev–Trinajstić information content (AvgIpc) is 3.42. The molecule has 0 aliphatic carbocycles. The first kappa shape index (κ1) is 18.1. The van der Waals surface area contributed by atoms with Crippen LogP contribution in [0.1, 0.15) is 42.1 Å². The third-order valence-electron chi connectivity index (χ3n) is 5.37. The van der Waals surface area contributed by atoms with Crippen LogP contribution in [-0.4, -0.2) is 64.7 Å². The second-order valence-corrected chi connectivity index (χ2v) is 8.98. The molecule has 1 aromatic heterocycles. The number of carbonyl (C=O) groups is 1. The van der Waals surface area contributed by atoms with Gasteiger partial charge < -0.3 is 4.90 Å². The second-order valence-electron chi connectivity index (χ2n) is 7.04. The lowest BCUT2D eigenvalue weighted by atomic mass is 10.0. The summed E-state index contributed by atoms with van der Waals surface area (Å²) in [6, 6.07) is 6.60. The number of hydrogen-bond acceptors (Lipinski definition) is 5. The van der Waals surface area contributed by atoms with Crippen molar-refractivity contribution in [1.82, 2.24) is 24.2 Å². The van der Waals surface area contributed by atoms with Crippen LogP contribution < -0.4 is 0 Å². The molecule has 0 N–H and O–H groups in total. The van der Waals surface area contributed by atoms with Gasteiger partial charge in [0.05, 0.1) is 17.1 Å². The molecule has 0 bridgehead atoms. The van der Waals surface area contributed by atoms with E-state index in [0.717, 1.165) is 25.7 Å². The molecule has 0 spiro atoms. The van der Waals surface area contributed by atoms with Crippen LogP contribution in [0, 0.1) is 0 Å². The largest absolute Gasteiger partial charge is 0.338 e. The van der Waals surface area contributed by atoms with Gasteiger partial charge in [0.1, 0.15) is 0 Å². The predicted molar refractivity (Wildman–Crippen MR) is 98.6 cm³/mol. The number of rotatable bonds is 4. The van der Waals surface area contributed by atoms with Crippen LogP contribution in [0.2, 0.25) is 0 Å². The normalized spacial score (nSPS) is 19.5. The fraction of sp³-hybridized carbons (Fsp3) is 0.500. The Bertz CT molecular complexity index is 882. The van der Waals surface area contributed by atoms with Gasteiger partial charge in [0, 0.05) is 37.9 Å². The minimum Gasteiger partial charge on any atom is -0.338 e. The van der Waals surface area contributed by atoms with E-state index >= 15 is 0 Å². The molecule has 0 atom stereocenters. The summed E-state index contributed by atoms with van der Waals surface area (Å²) in [5, 5.41) is 7.87. The zero-order chi connectivity index (χ0) is 18.9. The topological polar surface area (TPSA) is 88.4 Å². The van der Waals surface area contributed by atoms with E-state index in [-0.39, 0.29) is 16.8 Å². The molecule has 2 aliphatic heterocycles. The van der Waals surface area contributed by atoms with Crippen molar-refractivity contribution < 1.29 is 13.2 Å². The van der Waals surface area contributed by atoms with Gasteiger partial charge in [-0.3, -0.25) is 4.79 Å². The van der Waals surface area contributed by atoms with Crippen LogP contribution in [0.3, 0.4) is 0 Å². The van der Waals surface area contributed by atoms with Crippen molar-refractivity contribution in [3.63, 3.8) is 0 Å². The van der Waals surface area contributed by atoms with E-state index in [0.29, 0.717) is 31.7 Å². The Balaban J connectivity index is 1.41. The maximum absolute atomic E-state index is 12.7. The number of carbonyl (C=O) groups excluding carboxylic acids is 1. The average molecular weight is 389 g/mol. The molecule has 2 aromatic rings. The number of nitrogens with zero attached hydrogens (tertiary/aromatic N) is 5. The van der Waals surface area contributed by atoms with Crippen molar-refractivity contribution in [2.75, 3.05) is 26.2 Å². The van der Waals surface area contributed by atoms with Crippen LogP contribution in [0.15, 0.2) is 41.6 Å². The molecular formula is C18H23N5O3S. The van der Waals surface area contributed by atoms with Crippen molar-refractivity contribution in [3.8, 4) is 0 Å². The quantitative estimate of drug-likeness (QED) is 0.791. The van der Waals surface area contributed by atoms with Gasteiger partial charge in [-0.05, 0) is 49.9 Å². The molecule has 144 valence electrons. The van der Waals surface area contributed by atoms with E-state index < -0.39 is 10.0 Å². The Morgan fingerprint density at radius 2 is 1.67 bits per heavy atom. The molecule has 1 amide bonds. The van der Waals surface area contributed by atoms with Crippen molar-refractivity contribution in [2.24, 2.45) is 0 Å². The van der Waals surface area contributed by atoms with Crippen molar-refractivity contribution in [2.45, 2.75) is 36.6 Å². The Morgan fingerprint density at radius 3 is 2.26 bits per heavy atom. The van der Waals surface area contributed by atoms with E-state index in [1.54, 1.807) is 30.5 Å². The highest BCUT2D eigenvalue weighted by atomic mass is 32.2. The van der Waals surface area contributed by atoms with E-state index in [4.69, 9.17) is 0 Å². The molecule has 0 saturated carbocycles. The lowest BCUT2D eigenvalue weighted by Crippen LogP contribution is -2.39. The zero-order valence-electron chi connectivity index (χ0n) is 15.1. The standard InChI is InChI=1S/C18H23N5O3S/c24-18(21-12-7-16(8-13-21)23-14-9-19-20-23)15-3-5-17(6-4-15)27(25,26)22-10-1-2-11-22/h3-6,9,14,16H,1-2,7-8,10-13H2. The van der Waals surface area contributed by atoms with Gasteiger partial charge in [0.2, 0.25) is 10.0 Å². The highest BCUT2D eigenvalue weighted by Crippen LogP contribution is 2.24. The van der Waals surface area contributed by atoms with Gasteiger partial charge in [-0.25, -0.2) is 13.1 Å². The van der Waals surface area contributed by atoms with E-state index in [1.165, 1.54) is 4.31 Å². The first-order chi connectivity index (χ1) is 13.1. The third-order valence-corrected chi connectivity index (χ3v) is 7.28. The van der Waals surface area contributed by atoms with Gasteiger partial charge in [0.15, 0.2) is 0 Å². The van der Waals surface area contributed by atoms with E-state index in [1.807, 2.05) is 15.8 Å². The fourth-order valence-electron chi connectivity index (χ4n) is 3.78. The molecule has 1 aromatic carbocycles. The number of amides is 1. The van der Waals surface area contributed by atoms with E-state index in [9.17, 15) is 13.2 Å². The summed E-state index contributed by atoms with van der Waals surface area (Å²) in [5.74, 6) is -0.0582. The number of likely N-dealkylation sites (tertiary alicyclic amines) is 1. The summed E-state index contributed by atoms with van der Waals surface area (Å²) in [7, 11) is -3.45. The van der Waals surface area contributed by atoms with Crippen molar-refractivity contribution in [3.05, 3.63) is 42.2 Å². The third kappa shape index (κ3) is 3.61. The minimum atomic E-state index is -3.45. The highest BCUT2D eigenvalue weighted by molar-refractivity contribution is 7.89. The van der Waals surface area contributed by atoms with Crippen molar-refractivity contribution in [1.29, 1.82) is 0 Å². The zero-order valence-corrected chi connectivity index (χ0v) is 15.9. The summed E-state index contributed by atoms with van der Waals surface area (Å²) in [4.78, 5) is 14.8. The molecule has 2 saturated heterocycles. The lowest BCUT2D eigenvalue weighted by molar-refractivity contribution is 0.0689. The molecular weight excluding hydrogens is 366 g/mol. The van der Waals surface area contributed by atoms with Crippen LogP contribution in [-0.2, 0) is 10.0 Å². The molecule has 2 fully saturated rings. The van der Waals surface area contributed by atoms with Gasteiger partial charge in [0.25, 0.3) is 5.91 Å². The maximum atomic E-state index is 12.7. The summed E-state index contributed by atoms with van der Waals surface area (Å²) < 4.78 is 28.5. The summed E-state index contributed by atoms with van der Waals surface area (Å²) in [6.07, 6.45) is 6.98. The minimum absolute atomic E-state index is 0.0582. The SMILES string of the molecule is O=C(c1ccc(S(=O)(=O)N2CCCC2)cc1)N1CCC(n2ccnn2)CC1. The van der Waals surface area contributed by atoms with Crippen molar-refractivity contribution >= 4 is 15.9 Å². The lowest BCUT2D eigenvalue weighted by Gasteiger charge is -2.32. The predicted octanol–water partition coefficient (Wildman–Crippen LogP) is 1.54. The van der Waals surface area contributed by atoms with Crippen LogP contribution in [0.25, 0.3) is 0 Å². The molecule has 4 rings (SSSR count). The number of sulfonamides is 1. The summed E-state index contributed by atoms with van der Waals surface area (Å²) in [6.45, 7) is 2.45. The Labute approximate surface area is 158 Å². The monoisotopic (exact) mass is 389 g/mol. The number of benzene rings is 1. The molecule has 2 aliphatic rings. The van der Waals surface area contributed by atoms with Gasteiger partial charge in [-0.2, -0.15) is 4.31 Å². The number of piperidine rings is 1. The molecule has 3 heterocycles. The number of aromatic nitrogens is 3. The van der Waals surface area contributed by atoms with Gasteiger partial charge >= 0.3 is 0 Å². The molecule has 27 heavy (non-hydrogen) atoms. The highest BCUT2D eigenvalue weighted by Gasteiger charge is 2.28. The van der Waals surface area contributed by atoms with Crippen LogP contribution in [0.5, 0.6) is 0 Å². The van der Waals surface area contributed by atoms with Gasteiger partial charge in [-0.15, -0.1) is 5.10 Å². The Kier molecular flexibility index (Phi) is 4.96. The fourth-order valence-corrected chi connectivity index (χ4v) is 5.29. The summed E-state index contributed by atoms with van der Waals surface area (Å²) >= 11 is 0. The first-order valence-corrected chi connectivity index (χ1v) is 10.7. The molecule has 0 radical (unpaired) electrons.